The van der Waals surface area contributed by atoms with Gasteiger partial charge in [0, 0.05) is 27.4 Å². The summed E-state index contributed by atoms with van der Waals surface area (Å²) in [7, 11) is 3.29. The summed E-state index contributed by atoms with van der Waals surface area (Å²) in [5, 5.41) is 0. The van der Waals surface area contributed by atoms with E-state index in [9.17, 15) is 0 Å². The van der Waals surface area contributed by atoms with E-state index in [0.29, 0.717) is 26.4 Å². The first-order valence-corrected chi connectivity index (χ1v) is 4.39. The Bertz CT molecular complexity index is 80.2. The van der Waals surface area contributed by atoms with E-state index in [-0.39, 0.29) is 77.9 Å². The summed E-state index contributed by atoms with van der Waals surface area (Å²) < 4.78 is 19.8. The Morgan fingerprint density at radius 3 is 1.54 bits per heavy atom. The molecule has 0 aliphatic heterocycles. The number of rotatable bonds is 8. The van der Waals surface area contributed by atoms with Crippen molar-refractivity contribution < 1.29 is 79.0 Å². The Hall–Kier alpha value is 2.37. The van der Waals surface area contributed by atoms with E-state index >= 15 is 0 Å². The smallest absolute Gasteiger partial charge is 1.00 e. The third-order valence-electron chi connectivity index (χ3n) is 0.947. The van der Waals surface area contributed by atoms with Crippen LogP contribution in [0.4, 0.5) is 0 Å². The second-order valence-corrected chi connectivity index (χ2v) is 2.68. The fourth-order valence-corrected chi connectivity index (χ4v) is 0.888. The van der Waals surface area contributed by atoms with Gasteiger partial charge in [-0.15, -0.1) is 0 Å². The molecule has 0 fully saturated rings. The van der Waals surface area contributed by atoms with Crippen LogP contribution in [0, 0.1) is 0 Å². The maximum absolute atomic E-state index is 5.10. The van der Waals surface area contributed by atoms with Crippen LogP contribution in [0.25, 0.3) is 0 Å². The van der Waals surface area contributed by atoms with Crippen LogP contribution < -0.4 is 59.1 Å². The molecule has 0 unspecified atom stereocenters. The minimum Gasteiger partial charge on any atom is -1.00 e. The summed E-state index contributed by atoms with van der Waals surface area (Å²) in [6, 6.07) is 0. The van der Waals surface area contributed by atoms with Crippen molar-refractivity contribution in [3.8, 4) is 0 Å². The Morgan fingerprint density at radius 2 is 1.23 bits per heavy atom. The monoisotopic (exact) mass is 225 g/mol. The van der Waals surface area contributed by atoms with Crippen molar-refractivity contribution in [2.45, 2.75) is 0 Å². The molecule has 0 aliphatic rings. The van der Waals surface area contributed by atoms with Crippen molar-refractivity contribution in [3.63, 3.8) is 0 Å². The van der Waals surface area contributed by atoms with Crippen molar-refractivity contribution in [1.29, 1.82) is 0 Å². The Kier molecular flexibility index (Phi) is 31.7. The number of hydrogen-bond donors (Lipinski definition) is 0. The van der Waals surface area contributed by atoms with E-state index in [1.807, 2.05) is 0 Å². The summed E-state index contributed by atoms with van der Waals surface area (Å²) >= 11 is -0.349. The molecule has 0 atom stereocenters. The summed E-state index contributed by atoms with van der Waals surface area (Å²) in [6.07, 6.45) is 0. The predicted molar refractivity (Wildman–Crippen MR) is 43.6 cm³/mol. The molecular formula is C6H16AlNa2O4. The van der Waals surface area contributed by atoms with Gasteiger partial charge in [-0.1, -0.05) is 0 Å². The molecule has 0 saturated carbocycles. The third kappa shape index (κ3) is 20.4. The zero-order chi connectivity index (χ0) is 8.36. The van der Waals surface area contributed by atoms with Crippen LogP contribution in [0.3, 0.4) is 0 Å². The zero-order valence-electron chi connectivity index (χ0n) is 11.0. The molecule has 13 heavy (non-hydrogen) atoms. The average Bonchev–Trinajstić information content (AvgIpc) is 2.03. The molecule has 0 spiro atoms. The second-order valence-electron chi connectivity index (χ2n) is 1.82. The van der Waals surface area contributed by atoms with Crippen LogP contribution in [-0.2, 0) is 17.1 Å². The van der Waals surface area contributed by atoms with Crippen molar-refractivity contribution in [3.05, 3.63) is 0 Å². The van der Waals surface area contributed by atoms with Crippen molar-refractivity contribution >= 4 is 15.9 Å². The molecule has 1 radical (unpaired) electrons. The molecule has 0 rings (SSSR count). The largest absolute Gasteiger partial charge is 1.00 e. The summed E-state index contributed by atoms with van der Waals surface area (Å²) in [6.45, 7) is 2.47. The van der Waals surface area contributed by atoms with E-state index < -0.39 is 0 Å². The normalized spacial score (nSPS) is 8.46. The van der Waals surface area contributed by atoms with Crippen molar-refractivity contribution in [2.75, 3.05) is 40.6 Å². The Labute approximate surface area is 134 Å². The first-order valence-electron chi connectivity index (χ1n) is 3.44. The molecule has 0 aromatic heterocycles. The van der Waals surface area contributed by atoms with Crippen LogP contribution in [0.15, 0.2) is 0 Å². The first-order chi connectivity index (χ1) is 5.41. The van der Waals surface area contributed by atoms with E-state index in [0.717, 1.165) is 0 Å². The zero-order valence-corrected chi connectivity index (χ0v) is 14.2. The Balaban J connectivity index is -0.0000000833. The van der Waals surface area contributed by atoms with Crippen LogP contribution in [0.2, 0.25) is 0 Å². The van der Waals surface area contributed by atoms with Crippen LogP contribution in [-0.4, -0.2) is 56.5 Å². The first kappa shape index (κ1) is 20.7. The molecule has 0 aromatic carbocycles. The van der Waals surface area contributed by atoms with Gasteiger partial charge in [-0.3, -0.25) is 0 Å². The maximum atomic E-state index is 5.10. The molecular weight excluding hydrogens is 209 g/mol. The summed E-state index contributed by atoms with van der Waals surface area (Å²) in [4.78, 5) is 0. The standard InChI is InChI=1S/2C3H7O2.Al.2Na.2H/c2*1-5-3-2-4;;;;;/h2*2-3H2,1H3;;;;;/q2*-1;+2;2*+1;2*-1. The van der Waals surface area contributed by atoms with Gasteiger partial charge < -0.3 is 19.9 Å². The van der Waals surface area contributed by atoms with E-state index in [4.69, 9.17) is 17.1 Å². The molecule has 0 aliphatic carbocycles. The fraction of sp³-hybridized carbons (Fsp3) is 1.00. The molecule has 0 amide bonds. The van der Waals surface area contributed by atoms with Gasteiger partial charge in [-0.05, 0) is 0 Å². The molecule has 7 heteroatoms. The summed E-state index contributed by atoms with van der Waals surface area (Å²) in [5.41, 5.74) is 0. The molecule has 0 N–H and O–H groups in total. The minimum absolute atomic E-state index is 0. The van der Waals surface area contributed by atoms with Gasteiger partial charge in [0.1, 0.15) is 0 Å². The van der Waals surface area contributed by atoms with Gasteiger partial charge in [0.05, 0.1) is 13.2 Å². The third-order valence-corrected chi connectivity index (χ3v) is 1.69. The van der Waals surface area contributed by atoms with Gasteiger partial charge in [-0.25, -0.2) is 0 Å². The van der Waals surface area contributed by atoms with E-state index in [2.05, 4.69) is 0 Å². The maximum Gasteiger partial charge on any atom is 1.00 e. The van der Waals surface area contributed by atoms with Gasteiger partial charge >= 0.3 is 75.0 Å². The minimum atomic E-state index is -0.349. The quantitative estimate of drug-likeness (QED) is 0.304. The van der Waals surface area contributed by atoms with Gasteiger partial charge in [0.15, 0.2) is 0 Å². The number of ether oxygens (including phenoxy) is 2. The second kappa shape index (κ2) is 19.9. The predicted octanol–water partition coefficient (Wildman–Crippen LogP) is -5.92. The SMILES string of the molecule is COCC[O][Al][O]CCOC.[H-].[H-].[Na+].[Na+]. The molecule has 0 bridgehead atoms. The number of methoxy groups -OCH3 is 2. The topological polar surface area (TPSA) is 36.9 Å². The molecule has 0 saturated heterocycles. The van der Waals surface area contributed by atoms with Crippen molar-refractivity contribution in [2.24, 2.45) is 0 Å². The van der Waals surface area contributed by atoms with Gasteiger partial charge in [0.2, 0.25) is 0 Å². The molecule has 4 nitrogen and oxygen atoms in total. The van der Waals surface area contributed by atoms with E-state index in [1.165, 1.54) is 0 Å². The molecule has 69 valence electrons. The van der Waals surface area contributed by atoms with Gasteiger partial charge in [0.25, 0.3) is 0 Å². The van der Waals surface area contributed by atoms with Crippen LogP contribution in [0.1, 0.15) is 2.85 Å². The average molecular weight is 225 g/mol. The van der Waals surface area contributed by atoms with Crippen LogP contribution >= 0.6 is 0 Å². The Morgan fingerprint density at radius 1 is 0.846 bits per heavy atom. The van der Waals surface area contributed by atoms with Crippen molar-refractivity contribution in [1.82, 2.24) is 0 Å². The number of hydrogen-bond acceptors (Lipinski definition) is 4. The van der Waals surface area contributed by atoms with Crippen LogP contribution in [0.5, 0.6) is 0 Å². The fourth-order valence-electron chi connectivity index (χ4n) is 0.407. The molecule has 0 heterocycles. The molecule has 0 aromatic rings. The van der Waals surface area contributed by atoms with Gasteiger partial charge in [-0.2, -0.15) is 0 Å². The summed E-state index contributed by atoms with van der Waals surface area (Å²) in [5.74, 6) is 0. The van der Waals surface area contributed by atoms with E-state index in [1.54, 1.807) is 14.2 Å².